The summed E-state index contributed by atoms with van der Waals surface area (Å²) in [6.45, 7) is 6.51. The Balaban J connectivity index is 1.99. The van der Waals surface area contributed by atoms with E-state index in [1.165, 1.54) is 0 Å². The summed E-state index contributed by atoms with van der Waals surface area (Å²) in [5, 5.41) is 5.86. The first-order chi connectivity index (χ1) is 10.0. The van der Waals surface area contributed by atoms with E-state index in [0.29, 0.717) is 34.9 Å². The number of benzene rings is 1. The minimum atomic E-state index is -0.369. The first-order valence-corrected chi connectivity index (χ1v) is 7.42. The van der Waals surface area contributed by atoms with Gasteiger partial charge in [0.05, 0.1) is 12.3 Å². The lowest BCUT2D eigenvalue weighted by Gasteiger charge is -2.13. The van der Waals surface area contributed by atoms with Gasteiger partial charge in [-0.05, 0) is 25.0 Å². The van der Waals surface area contributed by atoms with Crippen molar-refractivity contribution in [1.82, 2.24) is 9.36 Å². The Kier molecular flexibility index (Phi) is 5.10. The first-order valence-electron chi connectivity index (χ1n) is 6.64. The zero-order chi connectivity index (χ0) is 15.2. The van der Waals surface area contributed by atoms with Crippen LogP contribution >= 0.6 is 11.5 Å². The molecule has 0 aliphatic heterocycles. The molecule has 0 saturated heterocycles. The number of nitrogens with one attached hydrogen (secondary N) is 2. The summed E-state index contributed by atoms with van der Waals surface area (Å²) in [6.07, 6.45) is 0. The normalized spacial score (nSPS) is 10.5. The number of amides is 2. The van der Waals surface area contributed by atoms with Crippen LogP contribution in [0.4, 0.5) is 15.6 Å². The summed E-state index contributed by atoms with van der Waals surface area (Å²) in [6, 6.07) is 6.96. The summed E-state index contributed by atoms with van der Waals surface area (Å²) in [4.78, 5) is 16.0. The van der Waals surface area contributed by atoms with Crippen LogP contribution in [0, 0.1) is 12.8 Å². The van der Waals surface area contributed by atoms with E-state index in [4.69, 9.17) is 4.74 Å². The molecule has 0 fully saturated rings. The molecule has 2 N–H and O–H groups in total. The second-order valence-electron chi connectivity index (χ2n) is 4.93. The number of carbonyl (C=O) groups is 1. The third-order valence-electron chi connectivity index (χ3n) is 2.46. The van der Waals surface area contributed by atoms with Crippen molar-refractivity contribution in [2.45, 2.75) is 20.8 Å². The molecule has 2 aromatic rings. The molecule has 0 bridgehead atoms. The maximum atomic E-state index is 11.9. The average Bonchev–Trinajstić information content (AvgIpc) is 2.83. The molecular weight excluding hydrogens is 288 g/mol. The van der Waals surface area contributed by atoms with Gasteiger partial charge in [-0.3, -0.25) is 5.32 Å². The van der Waals surface area contributed by atoms with Gasteiger partial charge in [0.25, 0.3) is 0 Å². The highest BCUT2D eigenvalue weighted by Crippen LogP contribution is 2.24. The van der Waals surface area contributed by atoms with Gasteiger partial charge in [-0.25, -0.2) is 9.78 Å². The summed E-state index contributed by atoms with van der Waals surface area (Å²) in [7, 11) is 0. The number of nitrogens with zero attached hydrogens (tertiary/aromatic N) is 2. The number of hydrogen-bond donors (Lipinski definition) is 2. The highest BCUT2D eigenvalue weighted by atomic mass is 32.1. The Hall–Kier alpha value is -2.15. The van der Waals surface area contributed by atoms with Gasteiger partial charge < -0.3 is 10.1 Å². The van der Waals surface area contributed by atoms with Crippen molar-refractivity contribution in [3.05, 3.63) is 30.1 Å². The number of urea groups is 1. The predicted octanol–water partition coefficient (Wildman–Crippen LogP) is 3.53. The van der Waals surface area contributed by atoms with Gasteiger partial charge in [0.15, 0.2) is 0 Å². The number of rotatable bonds is 5. The molecule has 0 radical (unpaired) electrons. The monoisotopic (exact) mass is 306 g/mol. The van der Waals surface area contributed by atoms with Gasteiger partial charge in [-0.2, -0.15) is 4.37 Å². The molecule has 0 spiro atoms. The molecule has 0 saturated carbocycles. The molecule has 1 aromatic carbocycles. The van der Waals surface area contributed by atoms with Gasteiger partial charge in [0, 0.05) is 11.5 Å². The van der Waals surface area contributed by atoms with Crippen LogP contribution in [0.5, 0.6) is 5.75 Å². The molecule has 6 nitrogen and oxygen atoms in total. The third kappa shape index (κ3) is 4.71. The Morgan fingerprint density at radius 1 is 1.33 bits per heavy atom. The Morgan fingerprint density at radius 2 is 2.10 bits per heavy atom. The van der Waals surface area contributed by atoms with Crippen molar-refractivity contribution >= 4 is 28.4 Å². The van der Waals surface area contributed by atoms with Crippen LogP contribution < -0.4 is 15.4 Å². The maximum Gasteiger partial charge on any atom is 0.325 e. The van der Waals surface area contributed by atoms with E-state index in [0.717, 1.165) is 11.5 Å². The van der Waals surface area contributed by atoms with E-state index >= 15 is 0 Å². The van der Waals surface area contributed by atoms with Gasteiger partial charge >= 0.3 is 6.03 Å². The highest BCUT2D eigenvalue weighted by Gasteiger charge is 2.10. The molecule has 1 heterocycles. The average molecular weight is 306 g/mol. The second-order valence-corrected chi connectivity index (χ2v) is 5.68. The third-order valence-corrected chi connectivity index (χ3v) is 3.18. The van der Waals surface area contributed by atoms with E-state index in [1.54, 1.807) is 13.0 Å². The summed E-state index contributed by atoms with van der Waals surface area (Å²) < 4.78 is 9.69. The minimum absolute atomic E-state index is 0.369. The second kappa shape index (κ2) is 7.03. The largest absolute Gasteiger partial charge is 0.491 e. The molecule has 7 heteroatoms. The van der Waals surface area contributed by atoms with Crippen LogP contribution in [0.25, 0.3) is 0 Å². The van der Waals surface area contributed by atoms with Crippen LogP contribution in [0.3, 0.4) is 0 Å². The van der Waals surface area contributed by atoms with Crippen molar-refractivity contribution in [3.63, 3.8) is 0 Å². The number of anilines is 2. The number of carbonyl (C=O) groups excluding carboxylic acids is 1. The predicted molar refractivity (Wildman–Crippen MR) is 84.1 cm³/mol. The minimum Gasteiger partial charge on any atom is -0.491 e. The molecule has 1 aromatic heterocycles. The van der Waals surface area contributed by atoms with Gasteiger partial charge in [0.2, 0.25) is 5.13 Å². The van der Waals surface area contributed by atoms with E-state index in [9.17, 15) is 4.79 Å². The lowest BCUT2D eigenvalue weighted by Crippen LogP contribution is -2.20. The van der Waals surface area contributed by atoms with E-state index < -0.39 is 0 Å². The summed E-state index contributed by atoms with van der Waals surface area (Å²) in [5.41, 5.74) is 0.622. The molecule has 21 heavy (non-hydrogen) atoms. The topological polar surface area (TPSA) is 76.1 Å². The van der Waals surface area contributed by atoms with Crippen molar-refractivity contribution in [3.8, 4) is 5.75 Å². The smallest absolute Gasteiger partial charge is 0.325 e. The molecule has 0 aliphatic carbocycles. The van der Waals surface area contributed by atoms with Crippen LogP contribution in [0.1, 0.15) is 19.7 Å². The van der Waals surface area contributed by atoms with Gasteiger partial charge in [-0.1, -0.05) is 26.0 Å². The fourth-order valence-electron chi connectivity index (χ4n) is 1.55. The molecule has 0 unspecified atom stereocenters. The van der Waals surface area contributed by atoms with Crippen LogP contribution in [0.2, 0.25) is 0 Å². The van der Waals surface area contributed by atoms with Crippen LogP contribution in [-0.4, -0.2) is 22.0 Å². The van der Waals surface area contributed by atoms with Crippen LogP contribution in [-0.2, 0) is 0 Å². The summed E-state index contributed by atoms with van der Waals surface area (Å²) >= 11 is 1.14. The van der Waals surface area contributed by atoms with Crippen molar-refractivity contribution < 1.29 is 9.53 Å². The Bertz CT molecular complexity index is 613. The number of para-hydroxylation sites is 2. The number of aryl methyl sites for hydroxylation is 1. The standard InChI is InChI=1S/C14H18N4O2S/c1-9(2)8-20-12-7-5-4-6-11(12)16-13(19)17-14-15-10(3)18-21-14/h4-7,9H,8H2,1-3H3,(H2,15,16,17,18,19). The van der Waals surface area contributed by atoms with Gasteiger partial charge in [-0.15, -0.1) is 0 Å². The van der Waals surface area contributed by atoms with Crippen molar-refractivity contribution in [1.29, 1.82) is 0 Å². The molecule has 2 rings (SSSR count). The zero-order valence-electron chi connectivity index (χ0n) is 12.2. The molecule has 2 amide bonds. The van der Waals surface area contributed by atoms with Crippen molar-refractivity contribution in [2.24, 2.45) is 5.92 Å². The zero-order valence-corrected chi connectivity index (χ0v) is 13.0. The Labute approximate surface area is 127 Å². The van der Waals surface area contributed by atoms with Gasteiger partial charge in [0.1, 0.15) is 11.6 Å². The first kappa shape index (κ1) is 15.2. The molecule has 0 aliphatic rings. The quantitative estimate of drug-likeness (QED) is 0.886. The number of hydrogen-bond acceptors (Lipinski definition) is 5. The SMILES string of the molecule is Cc1nsc(NC(=O)Nc2ccccc2OCC(C)C)n1. The highest BCUT2D eigenvalue weighted by molar-refractivity contribution is 7.09. The van der Waals surface area contributed by atoms with E-state index in [-0.39, 0.29) is 6.03 Å². The maximum absolute atomic E-state index is 11.9. The number of ether oxygens (including phenoxy) is 1. The fourth-order valence-corrected chi connectivity index (χ4v) is 2.12. The molecular formula is C14H18N4O2S. The lowest BCUT2D eigenvalue weighted by atomic mass is 10.2. The Morgan fingerprint density at radius 3 is 2.76 bits per heavy atom. The number of aromatic nitrogens is 2. The van der Waals surface area contributed by atoms with E-state index in [1.807, 2.05) is 18.2 Å². The van der Waals surface area contributed by atoms with Crippen LogP contribution in [0.15, 0.2) is 24.3 Å². The van der Waals surface area contributed by atoms with E-state index in [2.05, 4.69) is 33.8 Å². The lowest BCUT2D eigenvalue weighted by molar-refractivity contribution is 0.260. The molecule has 112 valence electrons. The van der Waals surface area contributed by atoms with Crippen molar-refractivity contribution in [2.75, 3.05) is 17.2 Å². The molecule has 0 atom stereocenters. The fraction of sp³-hybridized carbons (Fsp3) is 0.357. The summed E-state index contributed by atoms with van der Waals surface area (Å²) in [5.74, 6) is 1.70.